The van der Waals surface area contributed by atoms with Gasteiger partial charge in [0.15, 0.2) is 0 Å². The molecule has 1 saturated carbocycles. The van der Waals surface area contributed by atoms with Gasteiger partial charge in [0.2, 0.25) is 0 Å². The Morgan fingerprint density at radius 1 is 1.33 bits per heavy atom. The molecule has 1 aromatic heterocycles. The quantitative estimate of drug-likeness (QED) is 0.848. The van der Waals surface area contributed by atoms with E-state index in [1.165, 1.54) is 12.8 Å². The minimum atomic E-state index is 0.478. The van der Waals surface area contributed by atoms with Crippen LogP contribution in [-0.2, 0) is 6.54 Å². The smallest absolute Gasteiger partial charge is 0.113 e. The molecule has 3 rings (SSSR count). The van der Waals surface area contributed by atoms with Crippen LogP contribution in [0.15, 0.2) is 12.1 Å². The van der Waals surface area contributed by atoms with Crippen LogP contribution in [0.2, 0.25) is 10.0 Å². The standard InChI is InChI=1S/C13H11Cl2N3/c14-9-6-11-12(7-10(9)15)18(5-1-4-16)13(17-11)8-2-3-8/h6-8H,1-3,5H2. The predicted octanol–water partition coefficient (Wildman–Crippen LogP) is 4.13. The van der Waals surface area contributed by atoms with Crippen molar-refractivity contribution in [1.82, 2.24) is 9.55 Å². The lowest BCUT2D eigenvalue weighted by Gasteiger charge is -2.06. The zero-order valence-corrected chi connectivity index (χ0v) is 11.2. The van der Waals surface area contributed by atoms with E-state index < -0.39 is 0 Å². The van der Waals surface area contributed by atoms with Crippen molar-refractivity contribution < 1.29 is 0 Å². The zero-order chi connectivity index (χ0) is 12.7. The first kappa shape index (κ1) is 11.8. The summed E-state index contributed by atoms with van der Waals surface area (Å²) in [5.74, 6) is 1.60. The molecule has 0 aliphatic heterocycles. The summed E-state index contributed by atoms with van der Waals surface area (Å²) < 4.78 is 2.11. The first-order valence-corrected chi connectivity index (χ1v) is 6.68. The van der Waals surface area contributed by atoms with Crippen LogP contribution in [-0.4, -0.2) is 9.55 Å². The molecule has 3 nitrogen and oxygen atoms in total. The van der Waals surface area contributed by atoms with Crippen molar-refractivity contribution in [3.8, 4) is 6.07 Å². The molecule has 0 amide bonds. The van der Waals surface area contributed by atoms with Gasteiger partial charge in [-0.1, -0.05) is 23.2 Å². The molecule has 2 aromatic rings. The number of aryl methyl sites for hydroxylation is 1. The first-order chi connectivity index (χ1) is 8.70. The molecule has 18 heavy (non-hydrogen) atoms. The zero-order valence-electron chi connectivity index (χ0n) is 9.66. The molecule has 0 saturated heterocycles. The van der Waals surface area contributed by atoms with E-state index in [9.17, 15) is 0 Å². The van der Waals surface area contributed by atoms with Crippen LogP contribution in [0.3, 0.4) is 0 Å². The van der Waals surface area contributed by atoms with Crippen molar-refractivity contribution in [2.24, 2.45) is 0 Å². The number of aromatic nitrogens is 2. The molecule has 0 spiro atoms. The maximum Gasteiger partial charge on any atom is 0.113 e. The van der Waals surface area contributed by atoms with E-state index in [0.29, 0.717) is 28.9 Å². The van der Waals surface area contributed by atoms with Crippen molar-refractivity contribution in [2.45, 2.75) is 31.7 Å². The SMILES string of the molecule is N#CCCn1c(C2CC2)nc2cc(Cl)c(Cl)cc21. The Morgan fingerprint density at radius 3 is 2.72 bits per heavy atom. The Balaban J connectivity index is 2.17. The van der Waals surface area contributed by atoms with Crippen LogP contribution in [0.4, 0.5) is 0 Å². The highest BCUT2D eigenvalue weighted by molar-refractivity contribution is 6.42. The second kappa shape index (κ2) is 4.46. The lowest BCUT2D eigenvalue weighted by Crippen LogP contribution is -2.02. The van der Waals surface area contributed by atoms with Crippen molar-refractivity contribution in [3.63, 3.8) is 0 Å². The van der Waals surface area contributed by atoms with E-state index >= 15 is 0 Å². The molecule has 1 fully saturated rings. The van der Waals surface area contributed by atoms with Crippen LogP contribution in [0, 0.1) is 11.3 Å². The van der Waals surface area contributed by atoms with Gasteiger partial charge in [0, 0.05) is 12.5 Å². The second-order valence-corrected chi connectivity index (χ2v) is 5.37. The van der Waals surface area contributed by atoms with E-state index in [2.05, 4.69) is 15.6 Å². The Labute approximate surface area is 115 Å². The van der Waals surface area contributed by atoms with Crippen LogP contribution in [0.25, 0.3) is 11.0 Å². The van der Waals surface area contributed by atoms with Gasteiger partial charge in [-0.3, -0.25) is 0 Å². The van der Waals surface area contributed by atoms with Crippen LogP contribution in [0.1, 0.15) is 31.0 Å². The normalized spacial score (nSPS) is 14.9. The fourth-order valence-corrected chi connectivity index (χ4v) is 2.50. The summed E-state index contributed by atoms with van der Waals surface area (Å²) in [7, 11) is 0. The van der Waals surface area contributed by atoms with E-state index in [0.717, 1.165) is 16.9 Å². The second-order valence-electron chi connectivity index (χ2n) is 4.56. The third-order valence-electron chi connectivity index (χ3n) is 3.21. The van der Waals surface area contributed by atoms with Crippen molar-refractivity contribution in [1.29, 1.82) is 5.26 Å². The summed E-state index contributed by atoms with van der Waals surface area (Å²) >= 11 is 12.1. The van der Waals surface area contributed by atoms with Gasteiger partial charge in [0.05, 0.1) is 33.6 Å². The number of imidazole rings is 1. The predicted molar refractivity (Wildman–Crippen MR) is 72.0 cm³/mol. The highest BCUT2D eigenvalue weighted by Gasteiger charge is 2.29. The molecule has 1 aliphatic carbocycles. The van der Waals surface area contributed by atoms with Gasteiger partial charge < -0.3 is 4.57 Å². The topological polar surface area (TPSA) is 41.6 Å². The fraction of sp³-hybridized carbons (Fsp3) is 0.385. The summed E-state index contributed by atoms with van der Waals surface area (Å²) in [6.45, 7) is 0.663. The number of nitriles is 1. The minimum absolute atomic E-state index is 0.478. The fourth-order valence-electron chi connectivity index (χ4n) is 2.19. The highest BCUT2D eigenvalue weighted by Crippen LogP contribution is 2.41. The van der Waals surface area contributed by atoms with Crippen LogP contribution < -0.4 is 0 Å². The number of fused-ring (bicyclic) bond motifs is 1. The monoisotopic (exact) mass is 279 g/mol. The Bertz CT molecular complexity index is 650. The van der Waals surface area contributed by atoms with Crippen LogP contribution >= 0.6 is 23.2 Å². The lowest BCUT2D eigenvalue weighted by molar-refractivity contribution is 0.685. The molecule has 1 heterocycles. The number of hydrogen-bond acceptors (Lipinski definition) is 2. The van der Waals surface area contributed by atoms with Gasteiger partial charge >= 0.3 is 0 Å². The van der Waals surface area contributed by atoms with Gasteiger partial charge in [-0.05, 0) is 25.0 Å². The maximum atomic E-state index is 8.75. The molecule has 0 radical (unpaired) electrons. The van der Waals surface area contributed by atoms with Gasteiger partial charge in [0.1, 0.15) is 5.82 Å². The molecular weight excluding hydrogens is 269 g/mol. The van der Waals surface area contributed by atoms with Gasteiger partial charge in [-0.25, -0.2) is 4.98 Å². The first-order valence-electron chi connectivity index (χ1n) is 5.93. The number of nitrogens with zero attached hydrogens (tertiary/aromatic N) is 3. The minimum Gasteiger partial charge on any atom is -0.327 e. The number of hydrogen-bond donors (Lipinski definition) is 0. The van der Waals surface area contributed by atoms with E-state index in [4.69, 9.17) is 28.5 Å². The molecule has 5 heteroatoms. The van der Waals surface area contributed by atoms with Gasteiger partial charge in [-0.2, -0.15) is 5.26 Å². The van der Waals surface area contributed by atoms with Gasteiger partial charge in [-0.15, -0.1) is 0 Å². The molecule has 0 bridgehead atoms. The van der Waals surface area contributed by atoms with Crippen molar-refractivity contribution >= 4 is 34.2 Å². The molecule has 0 N–H and O–H groups in total. The summed E-state index contributed by atoms with van der Waals surface area (Å²) in [5, 5.41) is 9.81. The lowest BCUT2D eigenvalue weighted by atomic mass is 10.3. The van der Waals surface area contributed by atoms with E-state index in [1.807, 2.05) is 6.07 Å². The molecule has 0 unspecified atom stereocenters. The largest absolute Gasteiger partial charge is 0.327 e. The number of halogens is 2. The summed E-state index contributed by atoms with van der Waals surface area (Å²) in [6, 6.07) is 5.82. The molecule has 0 atom stereocenters. The van der Waals surface area contributed by atoms with Gasteiger partial charge in [0.25, 0.3) is 0 Å². The Hall–Kier alpha value is -1.24. The molecular formula is C13H11Cl2N3. The highest BCUT2D eigenvalue weighted by atomic mass is 35.5. The van der Waals surface area contributed by atoms with E-state index in [1.54, 1.807) is 6.07 Å². The number of rotatable bonds is 3. The van der Waals surface area contributed by atoms with Crippen LogP contribution in [0.5, 0.6) is 0 Å². The molecule has 1 aliphatic rings. The third kappa shape index (κ3) is 1.96. The van der Waals surface area contributed by atoms with Crippen molar-refractivity contribution in [2.75, 3.05) is 0 Å². The summed E-state index contributed by atoms with van der Waals surface area (Å²) in [6.07, 6.45) is 2.83. The molecule has 92 valence electrons. The Morgan fingerprint density at radius 2 is 2.06 bits per heavy atom. The van der Waals surface area contributed by atoms with E-state index in [-0.39, 0.29) is 0 Å². The third-order valence-corrected chi connectivity index (χ3v) is 3.93. The summed E-state index contributed by atoms with van der Waals surface area (Å²) in [5.41, 5.74) is 1.84. The number of benzene rings is 1. The average Bonchev–Trinajstić information content (AvgIpc) is 3.13. The molecule has 1 aromatic carbocycles. The average molecular weight is 280 g/mol. The Kier molecular flexibility index (Phi) is 2.93. The maximum absolute atomic E-state index is 8.75. The van der Waals surface area contributed by atoms with Crippen molar-refractivity contribution in [3.05, 3.63) is 28.0 Å². The summed E-state index contributed by atoms with van der Waals surface area (Å²) in [4.78, 5) is 4.64.